The van der Waals surface area contributed by atoms with Crippen LogP contribution in [0.2, 0.25) is 0 Å². The third kappa shape index (κ3) is 4.38. The molecule has 0 spiro atoms. The standard InChI is InChI=1S/C21H26N2O5S/c1-4-23(5-2)29(25,26)19-13-16(10-9-15(19)3)21(24)22-14-17-7-6-8-18-20(17)28-12-11-27-18/h6-10,13H,4-5,11-12,14H2,1-3H3,(H,22,24). The largest absolute Gasteiger partial charge is 0.486 e. The van der Waals surface area contributed by atoms with Crippen molar-refractivity contribution in [2.75, 3.05) is 26.3 Å². The summed E-state index contributed by atoms with van der Waals surface area (Å²) in [5.74, 6) is 0.939. The zero-order chi connectivity index (χ0) is 21.0. The molecule has 8 heteroatoms. The van der Waals surface area contributed by atoms with Crippen molar-refractivity contribution in [2.24, 2.45) is 0 Å². The highest BCUT2D eigenvalue weighted by molar-refractivity contribution is 7.89. The van der Waals surface area contributed by atoms with E-state index in [1.165, 1.54) is 10.4 Å². The Morgan fingerprint density at radius 3 is 2.55 bits per heavy atom. The van der Waals surface area contributed by atoms with Gasteiger partial charge in [-0.3, -0.25) is 4.79 Å². The van der Waals surface area contributed by atoms with E-state index in [4.69, 9.17) is 9.47 Å². The molecule has 0 atom stereocenters. The fourth-order valence-electron chi connectivity index (χ4n) is 3.27. The molecule has 3 rings (SSSR count). The zero-order valence-electron chi connectivity index (χ0n) is 16.9. The molecule has 0 saturated heterocycles. The van der Waals surface area contributed by atoms with Crippen molar-refractivity contribution < 1.29 is 22.7 Å². The number of aryl methyl sites for hydroxylation is 1. The van der Waals surface area contributed by atoms with Crippen LogP contribution < -0.4 is 14.8 Å². The minimum absolute atomic E-state index is 0.155. The number of hydrogen-bond donors (Lipinski definition) is 1. The van der Waals surface area contributed by atoms with Gasteiger partial charge in [-0.05, 0) is 30.7 Å². The summed E-state index contributed by atoms with van der Waals surface area (Å²) >= 11 is 0. The molecule has 0 unspecified atom stereocenters. The monoisotopic (exact) mass is 418 g/mol. The van der Waals surface area contributed by atoms with Crippen molar-refractivity contribution >= 4 is 15.9 Å². The highest BCUT2D eigenvalue weighted by atomic mass is 32.2. The summed E-state index contributed by atoms with van der Waals surface area (Å²) in [6.45, 7) is 7.26. The first-order valence-corrected chi connectivity index (χ1v) is 11.1. The summed E-state index contributed by atoms with van der Waals surface area (Å²) in [6.07, 6.45) is 0. The van der Waals surface area contributed by atoms with Crippen molar-refractivity contribution in [3.8, 4) is 11.5 Å². The predicted molar refractivity (Wildman–Crippen MR) is 110 cm³/mol. The van der Waals surface area contributed by atoms with Gasteiger partial charge in [0.25, 0.3) is 5.91 Å². The van der Waals surface area contributed by atoms with Gasteiger partial charge in [0.15, 0.2) is 11.5 Å². The number of nitrogens with one attached hydrogen (secondary N) is 1. The average Bonchev–Trinajstić information content (AvgIpc) is 2.72. The van der Waals surface area contributed by atoms with E-state index in [0.29, 0.717) is 48.9 Å². The normalized spacial score (nSPS) is 13.4. The Morgan fingerprint density at radius 2 is 1.83 bits per heavy atom. The topological polar surface area (TPSA) is 84.9 Å². The molecule has 0 saturated carbocycles. The molecule has 2 aromatic rings. The second kappa shape index (κ2) is 8.84. The lowest BCUT2D eigenvalue weighted by Gasteiger charge is -2.21. The van der Waals surface area contributed by atoms with E-state index in [9.17, 15) is 13.2 Å². The molecular weight excluding hydrogens is 392 g/mol. The van der Waals surface area contributed by atoms with Crippen LogP contribution in [0.4, 0.5) is 0 Å². The fourth-order valence-corrected chi connectivity index (χ4v) is 4.98. The van der Waals surface area contributed by atoms with Crippen molar-refractivity contribution in [3.05, 3.63) is 53.1 Å². The van der Waals surface area contributed by atoms with Gasteiger partial charge in [0, 0.05) is 30.8 Å². The van der Waals surface area contributed by atoms with E-state index in [2.05, 4.69) is 5.32 Å². The number of carbonyl (C=O) groups is 1. The first-order chi connectivity index (χ1) is 13.9. The Kier molecular flexibility index (Phi) is 6.44. The number of carbonyl (C=O) groups excluding carboxylic acids is 1. The lowest BCUT2D eigenvalue weighted by atomic mass is 10.1. The van der Waals surface area contributed by atoms with Gasteiger partial charge in [0.05, 0.1) is 4.90 Å². The quantitative estimate of drug-likeness (QED) is 0.747. The zero-order valence-corrected chi connectivity index (χ0v) is 17.7. The summed E-state index contributed by atoms with van der Waals surface area (Å²) in [4.78, 5) is 12.8. The lowest BCUT2D eigenvalue weighted by molar-refractivity contribution is 0.0949. The molecule has 29 heavy (non-hydrogen) atoms. The van der Waals surface area contributed by atoms with Crippen LogP contribution in [-0.2, 0) is 16.6 Å². The van der Waals surface area contributed by atoms with Crippen LogP contribution in [0.1, 0.15) is 35.3 Å². The van der Waals surface area contributed by atoms with Crippen molar-refractivity contribution in [2.45, 2.75) is 32.2 Å². The molecule has 7 nitrogen and oxygen atoms in total. The third-order valence-corrected chi connectivity index (χ3v) is 7.05. The SMILES string of the molecule is CCN(CC)S(=O)(=O)c1cc(C(=O)NCc2cccc3c2OCCO3)ccc1C. The molecule has 0 aromatic heterocycles. The number of ether oxygens (including phenoxy) is 2. The molecule has 0 bridgehead atoms. The van der Waals surface area contributed by atoms with Crippen molar-refractivity contribution in [1.29, 1.82) is 0 Å². The maximum Gasteiger partial charge on any atom is 0.251 e. The van der Waals surface area contributed by atoms with Gasteiger partial charge in [-0.2, -0.15) is 4.31 Å². The second-order valence-corrected chi connectivity index (χ2v) is 8.60. The lowest BCUT2D eigenvalue weighted by Crippen LogP contribution is -2.31. The Labute approximate surface area is 171 Å². The van der Waals surface area contributed by atoms with Gasteiger partial charge in [-0.1, -0.05) is 32.0 Å². The minimum Gasteiger partial charge on any atom is -0.486 e. The molecular formula is C21H26N2O5S. The van der Waals surface area contributed by atoms with Crippen LogP contribution in [0.25, 0.3) is 0 Å². The van der Waals surface area contributed by atoms with Gasteiger partial charge >= 0.3 is 0 Å². The molecule has 0 fully saturated rings. The molecule has 2 aromatic carbocycles. The number of amides is 1. The van der Waals surface area contributed by atoms with Crippen molar-refractivity contribution in [3.63, 3.8) is 0 Å². The summed E-state index contributed by atoms with van der Waals surface area (Å²) < 4.78 is 38.4. The molecule has 1 heterocycles. The molecule has 1 aliphatic heterocycles. The second-order valence-electron chi connectivity index (χ2n) is 6.69. The average molecular weight is 419 g/mol. The number of rotatable bonds is 7. The first-order valence-electron chi connectivity index (χ1n) is 9.65. The van der Waals surface area contributed by atoms with Crippen LogP contribution in [0.5, 0.6) is 11.5 Å². The summed E-state index contributed by atoms with van der Waals surface area (Å²) in [5, 5.41) is 2.84. The summed E-state index contributed by atoms with van der Waals surface area (Å²) in [5.41, 5.74) is 1.71. The van der Waals surface area contributed by atoms with Gasteiger partial charge in [0.1, 0.15) is 13.2 Å². The molecule has 1 aliphatic rings. The van der Waals surface area contributed by atoms with E-state index in [-0.39, 0.29) is 17.3 Å². The smallest absolute Gasteiger partial charge is 0.251 e. The predicted octanol–water partition coefficient (Wildman–Crippen LogP) is 2.73. The van der Waals surface area contributed by atoms with Gasteiger partial charge in [0.2, 0.25) is 10.0 Å². The Balaban J connectivity index is 1.81. The summed E-state index contributed by atoms with van der Waals surface area (Å²) in [7, 11) is -3.65. The Hall–Kier alpha value is -2.58. The molecule has 156 valence electrons. The Bertz CT molecular complexity index is 1000. The van der Waals surface area contributed by atoms with Crippen LogP contribution in [0, 0.1) is 6.92 Å². The number of fused-ring (bicyclic) bond motifs is 1. The van der Waals surface area contributed by atoms with Gasteiger partial charge in [-0.15, -0.1) is 0 Å². The Morgan fingerprint density at radius 1 is 1.10 bits per heavy atom. The third-order valence-electron chi connectivity index (χ3n) is 4.86. The van der Waals surface area contributed by atoms with E-state index < -0.39 is 10.0 Å². The number of para-hydroxylation sites is 1. The van der Waals surface area contributed by atoms with Gasteiger partial charge < -0.3 is 14.8 Å². The van der Waals surface area contributed by atoms with Gasteiger partial charge in [-0.25, -0.2) is 8.42 Å². The molecule has 0 aliphatic carbocycles. The van der Waals surface area contributed by atoms with E-state index in [0.717, 1.165) is 5.56 Å². The van der Waals surface area contributed by atoms with Crippen molar-refractivity contribution in [1.82, 2.24) is 9.62 Å². The highest BCUT2D eigenvalue weighted by Gasteiger charge is 2.25. The van der Waals surface area contributed by atoms with Crippen LogP contribution >= 0.6 is 0 Å². The van der Waals surface area contributed by atoms with Crippen LogP contribution in [0.3, 0.4) is 0 Å². The number of hydrogen-bond acceptors (Lipinski definition) is 5. The number of nitrogens with zero attached hydrogens (tertiary/aromatic N) is 1. The number of sulfonamides is 1. The van der Waals surface area contributed by atoms with E-state index in [1.807, 2.05) is 18.2 Å². The highest BCUT2D eigenvalue weighted by Crippen LogP contribution is 2.33. The van der Waals surface area contributed by atoms with Crippen LogP contribution in [0.15, 0.2) is 41.3 Å². The van der Waals surface area contributed by atoms with E-state index in [1.54, 1.807) is 32.9 Å². The fraction of sp³-hybridized carbons (Fsp3) is 0.381. The maximum atomic E-state index is 12.9. The number of benzene rings is 2. The van der Waals surface area contributed by atoms with Crippen LogP contribution in [-0.4, -0.2) is 44.9 Å². The molecule has 0 radical (unpaired) electrons. The summed E-state index contributed by atoms with van der Waals surface area (Å²) in [6, 6.07) is 10.3. The molecule has 1 N–H and O–H groups in total. The minimum atomic E-state index is -3.65. The first kappa shape index (κ1) is 21.1. The van der Waals surface area contributed by atoms with E-state index >= 15 is 0 Å². The molecule has 1 amide bonds. The maximum absolute atomic E-state index is 12.9.